The van der Waals surface area contributed by atoms with E-state index in [9.17, 15) is 4.79 Å². The van der Waals surface area contributed by atoms with Crippen LogP contribution in [0.4, 0.5) is 0 Å². The van der Waals surface area contributed by atoms with Gasteiger partial charge in [-0.1, -0.05) is 0 Å². The number of nitrogens with zero attached hydrogens (tertiary/aromatic N) is 1. The molecule has 0 aromatic carbocycles. The normalized spacial score (nSPS) is 25.6. The second-order valence-electron chi connectivity index (χ2n) is 6.37. The zero-order valence-corrected chi connectivity index (χ0v) is 12.6. The lowest BCUT2D eigenvalue weighted by Gasteiger charge is -2.35. The number of nitrogens with one attached hydrogen (secondary N) is 1. The standard InChI is InChI=1S/C15H26N2O4/c18-8-7-17(13-1-2-13)11-14(19)16-12-3-5-15(6-4-12)20-9-10-21-15/h12-13,18H,1-11H2,(H,16,19). The van der Waals surface area contributed by atoms with E-state index in [1.54, 1.807) is 0 Å². The molecule has 1 amide bonds. The molecule has 1 heterocycles. The Morgan fingerprint density at radius 3 is 2.43 bits per heavy atom. The Hall–Kier alpha value is -0.690. The predicted octanol–water partition coefficient (Wildman–Crippen LogP) is 0.245. The molecule has 0 aromatic heterocycles. The summed E-state index contributed by atoms with van der Waals surface area (Å²) in [6.45, 7) is 2.49. The molecule has 0 bridgehead atoms. The molecular weight excluding hydrogens is 272 g/mol. The fraction of sp³-hybridized carbons (Fsp3) is 0.933. The monoisotopic (exact) mass is 298 g/mol. The molecule has 2 saturated carbocycles. The van der Waals surface area contributed by atoms with Gasteiger partial charge in [0.05, 0.1) is 26.4 Å². The van der Waals surface area contributed by atoms with Gasteiger partial charge >= 0.3 is 0 Å². The Morgan fingerprint density at radius 1 is 1.19 bits per heavy atom. The smallest absolute Gasteiger partial charge is 0.234 e. The average Bonchev–Trinajstić information content (AvgIpc) is 3.23. The fourth-order valence-corrected chi connectivity index (χ4v) is 3.40. The van der Waals surface area contributed by atoms with Gasteiger partial charge < -0.3 is 19.9 Å². The van der Waals surface area contributed by atoms with Gasteiger partial charge in [-0.05, 0) is 25.7 Å². The molecule has 3 fully saturated rings. The first-order chi connectivity index (χ1) is 10.2. The van der Waals surface area contributed by atoms with Gasteiger partial charge in [0.25, 0.3) is 0 Å². The third kappa shape index (κ3) is 3.94. The minimum absolute atomic E-state index is 0.0737. The summed E-state index contributed by atoms with van der Waals surface area (Å²) in [5.41, 5.74) is 0. The Balaban J connectivity index is 1.41. The summed E-state index contributed by atoms with van der Waals surface area (Å²) in [6, 6.07) is 0.726. The Labute approximate surface area is 125 Å². The van der Waals surface area contributed by atoms with Crippen molar-refractivity contribution in [2.45, 2.75) is 56.4 Å². The third-order valence-corrected chi connectivity index (χ3v) is 4.72. The molecule has 120 valence electrons. The van der Waals surface area contributed by atoms with Crippen LogP contribution in [0.2, 0.25) is 0 Å². The van der Waals surface area contributed by atoms with Crippen molar-refractivity contribution in [2.24, 2.45) is 0 Å². The lowest BCUT2D eigenvalue weighted by molar-refractivity contribution is -0.180. The van der Waals surface area contributed by atoms with Crippen molar-refractivity contribution in [3.8, 4) is 0 Å². The molecule has 1 saturated heterocycles. The van der Waals surface area contributed by atoms with Gasteiger partial charge in [-0.3, -0.25) is 9.69 Å². The van der Waals surface area contributed by atoms with Crippen molar-refractivity contribution in [3.05, 3.63) is 0 Å². The van der Waals surface area contributed by atoms with E-state index in [2.05, 4.69) is 10.2 Å². The van der Waals surface area contributed by atoms with Crippen LogP contribution in [0.15, 0.2) is 0 Å². The summed E-state index contributed by atoms with van der Waals surface area (Å²) in [7, 11) is 0. The van der Waals surface area contributed by atoms with Crippen LogP contribution >= 0.6 is 0 Å². The molecule has 6 heteroatoms. The lowest BCUT2D eigenvalue weighted by atomic mass is 9.90. The van der Waals surface area contributed by atoms with Crippen molar-refractivity contribution in [2.75, 3.05) is 32.9 Å². The summed E-state index contributed by atoms with van der Waals surface area (Å²) in [5.74, 6) is -0.289. The van der Waals surface area contributed by atoms with E-state index < -0.39 is 0 Å². The first-order valence-electron chi connectivity index (χ1n) is 8.13. The highest BCUT2D eigenvalue weighted by Crippen LogP contribution is 2.35. The van der Waals surface area contributed by atoms with Crippen LogP contribution in [0.1, 0.15) is 38.5 Å². The van der Waals surface area contributed by atoms with E-state index >= 15 is 0 Å². The van der Waals surface area contributed by atoms with Crippen molar-refractivity contribution in [1.82, 2.24) is 10.2 Å². The zero-order valence-electron chi connectivity index (χ0n) is 12.6. The number of hydrogen-bond donors (Lipinski definition) is 2. The number of rotatable bonds is 6. The second kappa shape index (κ2) is 6.60. The van der Waals surface area contributed by atoms with E-state index in [4.69, 9.17) is 14.6 Å². The summed E-state index contributed by atoms with van der Waals surface area (Å²) in [4.78, 5) is 14.2. The highest BCUT2D eigenvalue weighted by Gasteiger charge is 2.40. The number of hydrogen-bond acceptors (Lipinski definition) is 5. The zero-order chi connectivity index (χ0) is 14.7. The van der Waals surface area contributed by atoms with E-state index in [-0.39, 0.29) is 24.3 Å². The average molecular weight is 298 g/mol. The van der Waals surface area contributed by atoms with Crippen molar-refractivity contribution in [3.63, 3.8) is 0 Å². The van der Waals surface area contributed by atoms with Gasteiger partial charge in [-0.2, -0.15) is 0 Å². The molecule has 1 aliphatic heterocycles. The van der Waals surface area contributed by atoms with E-state index in [0.29, 0.717) is 32.3 Å². The van der Waals surface area contributed by atoms with Crippen LogP contribution in [0.3, 0.4) is 0 Å². The van der Waals surface area contributed by atoms with Crippen LogP contribution in [0.5, 0.6) is 0 Å². The van der Waals surface area contributed by atoms with E-state index in [1.165, 1.54) is 0 Å². The van der Waals surface area contributed by atoms with Crippen molar-refractivity contribution in [1.29, 1.82) is 0 Å². The maximum absolute atomic E-state index is 12.1. The molecule has 3 aliphatic rings. The van der Waals surface area contributed by atoms with Crippen LogP contribution in [-0.4, -0.2) is 66.7 Å². The molecular formula is C15H26N2O4. The van der Waals surface area contributed by atoms with Gasteiger partial charge in [0.1, 0.15) is 0 Å². The number of aliphatic hydroxyl groups excluding tert-OH is 1. The van der Waals surface area contributed by atoms with Crippen LogP contribution < -0.4 is 5.32 Å². The maximum Gasteiger partial charge on any atom is 0.234 e. The molecule has 2 aliphatic carbocycles. The summed E-state index contributed by atoms with van der Waals surface area (Å²) < 4.78 is 11.4. The van der Waals surface area contributed by atoms with Gasteiger partial charge in [0, 0.05) is 31.5 Å². The minimum atomic E-state index is -0.363. The highest BCUT2D eigenvalue weighted by atomic mass is 16.7. The molecule has 0 radical (unpaired) electrons. The Kier molecular flexibility index (Phi) is 4.78. The quantitative estimate of drug-likeness (QED) is 0.735. The number of carbonyl (C=O) groups is 1. The van der Waals surface area contributed by atoms with Gasteiger partial charge in [0.2, 0.25) is 5.91 Å². The topological polar surface area (TPSA) is 71.0 Å². The van der Waals surface area contributed by atoms with Gasteiger partial charge in [-0.25, -0.2) is 0 Å². The third-order valence-electron chi connectivity index (χ3n) is 4.72. The first-order valence-corrected chi connectivity index (χ1v) is 8.13. The number of carbonyl (C=O) groups excluding carboxylic acids is 1. The van der Waals surface area contributed by atoms with Gasteiger partial charge in [-0.15, -0.1) is 0 Å². The summed E-state index contributed by atoms with van der Waals surface area (Å²) in [5, 5.41) is 12.2. The van der Waals surface area contributed by atoms with Crippen molar-refractivity contribution >= 4 is 5.91 Å². The number of ether oxygens (including phenoxy) is 2. The minimum Gasteiger partial charge on any atom is -0.395 e. The molecule has 6 nitrogen and oxygen atoms in total. The molecule has 1 spiro atoms. The summed E-state index contributed by atoms with van der Waals surface area (Å²) >= 11 is 0. The predicted molar refractivity (Wildman–Crippen MR) is 76.7 cm³/mol. The lowest BCUT2D eigenvalue weighted by Crippen LogP contribution is -2.47. The Morgan fingerprint density at radius 2 is 1.86 bits per heavy atom. The number of aliphatic hydroxyl groups is 1. The first kappa shape index (κ1) is 15.2. The molecule has 0 aromatic rings. The molecule has 0 unspecified atom stereocenters. The number of amides is 1. The van der Waals surface area contributed by atoms with Crippen LogP contribution in [0, 0.1) is 0 Å². The fourth-order valence-electron chi connectivity index (χ4n) is 3.40. The van der Waals surface area contributed by atoms with Crippen LogP contribution in [0.25, 0.3) is 0 Å². The maximum atomic E-state index is 12.1. The van der Waals surface area contributed by atoms with E-state index in [0.717, 1.165) is 38.5 Å². The molecule has 3 rings (SSSR count). The molecule has 2 N–H and O–H groups in total. The second-order valence-corrected chi connectivity index (χ2v) is 6.37. The molecule has 0 atom stereocenters. The van der Waals surface area contributed by atoms with E-state index in [1.807, 2.05) is 0 Å². The summed E-state index contributed by atoms with van der Waals surface area (Å²) in [6.07, 6.45) is 5.84. The Bertz CT molecular complexity index is 357. The van der Waals surface area contributed by atoms with Crippen LogP contribution in [-0.2, 0) is 14.3 Å². The largest absolute Gasteiger partial charge is 0.395 e. The van der Waals surface area contributed by atoms with Crippen molar-refractivity contribution < 1.29 is 19.4 Å². The highest BCUT2D eigenvalue weighted by molar-refractivity contribution is 5.78. The molecule has 21 heavy (non-hydrogen) atoms. The SMILES string of the molecule is O=C(CN(CCO)C1CC1)NC1CCC2(CC1)OCCO2. The van der Waals surface area contributed by atoms with Gasteiger partial charge in [0.15, 0.2) is 5.79 Å².